The summed E-state index contributed by atoms with van der Waals surface area (Å²) in [5.41, 5.74) is 6.05. The van der Waals surface area contributed by atoms with E-state index in [0.29, 0.717) is 5.56 Å². The molecule has 0 amide bonds. The van der Waals surface area contributed by atoms with Gasteiger partial charge in [0.15, 0.2) is 0 Å². The average Bonchev–Trinajstić information content (AvgIpc) is 2.07. The van der Waals surface area contributed by atoms with Crippen LogP contribution in [-0.2, 0) is 4.79 Å². The Kier molecular flexibility index (Phi) is 2.54. The molecule has 1 aromatic rings. The molecule has 0 atom stereocenters. The molecule has 0 saturated heterocycles. The van der Waals surface area contributed by atoms with Crippen LogP contribution in [0.5, 0.6) is 5.75 Å². The first-order chi connectivity index (χ1) is 6.09. The Morgan fingerprint density at radius 1 is 1.54 bits per heavy atom. The van der Waals surface area contributed by atoms with Crippen molar-refractivity contribution in [1.82, 2.24) is 0 Å². The molecule has 13 heavy (non-hydrogen) atoms. The Morgan fingerprint density at radius 3 is 2.77 bits per heavy atom. The normalized spacial score (nSPS) is 10.5. The number of carboxylic acid groups (broad SMARTS) is 1. The van der Waals surface area contributed by atoms with Gasteiger partial charge in [-0.2, -0.15) is 0 Å². The standard InChI is InChI=1S/C9H9NO3/c10-7-5-6(1-3-8(7)11)2-4-9(12)13/h1-5,11H,10H2,(H,12,13)/p-1/b4-2+. The van der Waals surface area contributed by atoms with Crippen LogP contribution in [0.1, 0.15) is 5.56 Å². The molecule has 68 valence electrons. The number of carbonyl (C=O) groups is 1. The highest BCUT2D eigenvalue weighted by Gasteiger charge is 1.91. The summed E-state index contributed by atoms with van der Waals surface area (Å²) in [6.45, 7) is 0. The Hall–Kier alpha value is -1.97. The smallest absolute Gasteiger partial charge is 0.328 e. The van der Waals surface area contributed by atoms with Gasteiger partial charge in [-0.25, -0.2) is 4.79 Å². The molecule has 0 fully saturated rings. The maximum atomic E-state index is 10.8. The number of nitrogen functional groups attached to an aromatic ring is 1. The van der Waals surface area contributed by atoms with Gasteiger partial charge in [0.1, 0.15) is 0 Å². The fourth-order valence-electron chi connectivity index (χ4n) is 0.838. The minimum absolute atomic E-state index is 0.118. The molecule has 0 aliphatic heterocycles. The maximum Gasteiger partial charge on any atom is 0.328 e. The van der Waals surface area contributed by atoms with E-state index >= 15 is 0 Å². The Morgan fingerprint density at radius 2 is 2.23 bits per heavy atom. The van der Waals surface area contributed by atoms with E-state index in [1.54, 1.807) is 0 Å². The summed E-state index contributed by atoms with van der Waals surface area (Å²) >= 11 is 0. The van der Waals surface area contributed by atoms with E-state index in [-0.39, 0.29) is 11.4 Å². The van der Waals surface area contributed by atoms with E-state index in [0.717, 1.165) is 6.08 Å². The monoisotopic (exact) mass is 178 g/mol. The Labute approximate surface area is 74.9 Å². The van der Waals surface area contributed by atoms with Crippen molar-refractivity contribution in [2.45, 2.75) is 0 Å². The van der Waals surface area contributed by atoms with Crippen LogP contribution in [0.25, 0.3) is 6.08 Å². The van der Waals surface area contributed by atoms with Gasteiger partial charge in [-0.1, -0.05) is 17.9 Å². The van der Waals surface area contributed by atoms with Crippen LogP contribution in [-0.4, -0.2) is 11.1 Å². The first-order valence-electron chi connectivity index (χ1n) is 3.57. The quantitative estimate of drug-likeness (QED) is 0.508. The zero-order chi connectivity index (χ0) is 9.84. The Balaban J connectivity index is 2.92. The first-order valence-corrected chi connectivity index (χ1v) is 3.57. The highest BCUT2D eigenvalue weighted by molar-refractivity contribution is 5.85. The van der Waals surface area contributed by atoms with Gasteiger partial charge in [-0.3, -0.25) is 0 Å². The largest absolute Gasteiger partial charge is 0.871 e. The first kappa shape index (κ1) is 9.12. The molecule has 0 heterocycles. The van der Waals surface area contributed by atoms with Crippen molar-refractivity contribution in [1.29, 1.82) is 0 Å². The van der Waals surface area contributed by atoms with Crippen LogP contribution in [0.3, 0.4) is 0 Å². The molecule has 0 aliphatic rings. The number of hydrogen-bond donors (Lipinski definition) is 2. The summed E-state index contributed by atoms with van der Waals surface area (Å²) in [5.74, 6) is -1.29. The third-order valence-electron chi connectivity index (χ3n) is 1.45. The molecule has 1 aromatic carbocycles. The van der Waals surface area contributed by atoms with E-state index in [9.17, 15) is 9.90 Å². The van der Waals surface area contributed by atoms with E-state index in [1.165, 1.54) is 24.3 Å². The van der Waals surface area contributed by atoms with Crippen molar-refractivity contribution in [2.75, 3.05) is 5.73 Å². The lowest BCUT2D eigenvalue weighted by Gasteiger charge is -2.08. The summed E-state index contributed by atoms with van der Waals surface area (Å²) in [6.07, 6.45) is 2.36. The molecular weight excluding hydrogens is 170 g/mol. The van der Waals surface area contributed by atoms with Crippen molar-refractivity contribution < 1.29 is 15.0 Å². The minimum atomic E-state index is -1.04. The number of nitrogens with two attached hydrogens (primary N) is 1. The van der Waals surface area contributed by atoms with E-state index in [1.807, 2.05) is 0 Å². The van der Waals surface area contributed by atoms with Gasteiger partial charge < -0.3 is 15.9 Å². The van der Waals surface area contributed by atoms with Crippen molar-refractivity contribution in [3.8, 4) is 5.75 Å². The van der Waals surface area contributed by atoms with E-state index in [2.05, 4.69) is 0 Å². The zero-order valence-corrected chi connectivity index (χ0v) is 6.73. The number of anilines is 1. The summed E-state index contributed by atoms with van der Waals surface area (Å²) in [6, 6.07) is 4.25. The Bertz CT molecular complexity index is 358. The maximum absolute atomic E-state index is 10.8. The minimum Gasteiger partial charge on any atom is -0.871 e. The van der Waals surface area contributed by atoms with Gasteiger partial charge in [-0.15, -0.1) is 0 Å². The molecule has 0 radical (unpaired) electrons. The second kappa shape index (κ2) is 3.62. The molecule has 0 unspecified atom stereocenters. The second-order valence-electron chi connectivity index (χ2n) is 2.47. The molecule has 4 nitrogen and oxygen atoms in total. The highest BCUT2D eigenvalue weighted by atomic mass is 16.4. The topological polar surface area (TPSA) is 86.4 Å². The zero-order valence-electron chi connectivity index (χ0n) is 6.73. The van der Waals surface area contributed by atoms with Gasteiger partial charge in [0.2, 0.25) is 0 Å². The number of carboxylic acids is 1. The lowest BCUT2D eigenvalue weighted by Crippen LogP contribution is -1.96. The SMILES string of the molecule is Nc1cc(/C=C/C(=O)O)ccc1[O-]. The second-order valence-corrected chi connectivity index (χ2v) is 2.47. The number of rotatable bonds is 2. The summed E-state index contributed by atoms with van der Waals surface area (Å²) < 4.78 is 0. The van der Waals surface area contributed by atoms with Gasteiger partial charge in [0.25, 0.3) is 0 Å². The van der Waals surface area contributed by atoms with Crippen LogP contribution in [0, 0.1) is 0 Å². The van der Waals surface area contributed by atoms with Crippen LogP contribution in [0.2, 0.25) is 0 Å². The third kappa shape index (κ3) is 2.52. The molecular formula is C9H8NO3-. The van der Waals surface area contributed by atoms with E-state index < -0.39 is 5.97 Å². The summed E-state index contributed by atoms with van der Waals surface area (Å²) in [4.78, 5) is 10.1. The predicted molar refractivity (Wildman–Crippen MR) is 47.0 cm³/mol. The fraction of sp³-hybridized carbons (Fsp3) is 0. The van der Waals surface area contributed by atoms with Gasteiger partial charge in [0, 0.05) is 11.8 Å². The van der Waals surface area contributed by atoms with Crippen LogP contribution in [0.15, 0.2) is 24.3 Å². The molecule has 0 aliphatic carbocycles. The van der Waals surface area contributed by atoms with Gasteiger partial charge >= 0.3 is 5.97 Å². The third-order valence-corrected chi connectivity index (χ3v) is 1.45. The van der Waals surface area contributed by atoms with Crippen molar-refractivity contribution in [2.24, 2.45) is 0 Å². The van der Waals surface area contributed by atoms with Crippen molar-refractivity contribution in [3.63, 3.8) is 0 Å². The van der Waals surface area contributed by atoms with E-state index in [4.69, 9.17) is 10.8 Å². The summed E-state index contributed by atoms with van der Waals surface area (Å²) in [7, 11) is 0. The highest BCUT2D eigenvalue weighted by Crippen LogP contribution is 2.18. The van der Waals surface area contributed by atoms with Crippen molar-refractivity contribution >= 4 is 17.7 Å². The van der Waals surface area contributed by atoms with Crippen LogP contribution in [0.4, 0.5) is 5.69 Å². The van der Waals surface area contributed by atoms with Gasteiger partial charge in [0.05, 0.1) is 0 Å². The summed E-state index contributed by atoms with van der Waals surface area (Å²) in [5, 5.41) is 19.2. The van der Waals surface area contributed by atoms with Crippen LogP contribution < -0.4 is 10.8 Å². The fourth-order valence-corrected chi connectivity index (χ4v) is 0.838. The van der Waals surface area contributed by atoms with Gasteiger partial charge in [-0.05, 0) is 17.7 Å². The molecule has 0 bridgehead atoms. The molecule has 1 rings (SSSR count). The number of benzene rings is 1. The van der Waals surface area contributed by atoms with Crippen molar-refractivity contribution in [3.05, 3.63) is 29.8 Å². The molecule has 0 aromatic heterocycles. The average molecular weight is 178 g/mol. The molecule has 0 saturated carbocycles. The molecule has 3 N–H and O–H groups in total. The lowest BCUT2D eigenvalue weighted by atomic mass is 10.2. The molecule has 0 spiro atoms. The number of hydrogen-bond acceptors (Lipinski definition) is 3. The predicted octanol–water partition coefficient (Wildman–Crippen LogP) is 0.440. The molecule has 4 heteroatoms. The number of aliphatic carboxylic acids is 1. The lowest BCUT2D eigenvalue weighted by molar-refractivity contribution is -0.267. The van der Waals surface area contributed by atoms with Crippen LogP contribution >= 0.6 is 0 Å².